The predicted octanol–water partition coefficient (Wildman–Crippen LogP) is 4.61. The lowest BCUT2D eigenvalue weighted by molar-refractivity contribution is 0.0209. The number of amides is 2. The van der Waals surface area contributed by atoms with Crippen LogP contribution in [0.4, 0.5) is 15.3 Å². The van der Waals surface area contributed by atoms with Gasteiger partial charge < -0.3 is 28.9 Å². The number of piperazine rings is 2. The molecule has 3 saturated heterocycles. The van der Waals surface area contributed by atoms with Crippen molar-refractivity contribution >= 4 is 17.9 Å². The van der Waals surface area contributed by atoms with Gasteiger partial charge in [0, 0.05) is 63.6 Å². The fraction of sp³-hybridized carbons (Fsp3) is 0.548. The Balaban J connectivity index is 1.02. The number of hydrogen-bond donors (Lipinski definition) is 0. The van der Waals surface area contributed by atoms with Crippen molar-refractivity contribution in [1.29, 1.82) is 0 Å². The van der Waals surface area contributed by atoms with E-state index in [1.807, 2.05) is 68.1 Å². The molecule has 2 atom stereocenters. The molecule has 0 aliphatic carbocycles. The van der Waals surface area contributed by atoms with E-state index in [0.717, 1.165) is 43.8 Å². The van der Waals surface area contributed by atoms with Crippen LogP contribution < -0.4 is 9.64 Å². The Kier molecular flexibility index (Phi) is 8.69. The number of nitrogens with zero attached hydrogens (tertiary/aromatic N) is 4. The van der Waals surface area contributed by atoms with Crippen molar-refractivity contribution in [3.8, 4) is 5.75 Å². The van der Waals surface area contributed by atoms with E-state index < -0.39 is 5.60 Å². The van der Waals surface area contributed by atoms with Crippen LogP contribution in [-0.2, 0) is 16.1 Å². The van der Waals surface area contributed by atoms with Gasteiger partial charge in [0.05, 0.1) is 0 Å². The summed E-state index contributed by atoms with van der Waals surface area (Å²) in [6.45, 7) is 11.8. The molecule has 0 spiro atoms. The van der Waals surface area contributed by atoms with Gasteiger partial charge in [-0.05, 0) is 63.4 Å². The second-order valence-electron chi connectivity index (χ2n) is 11.9. The number of rotatable bonds is 7. The van der Waals surface area contributed by atoms with Crippen molar-refractivity contribution < 1.29 is 23.8 Å². The highest BCUT2D eigenvalue weighted by atomic mass is 16.6. The second kappa shape index (κ2) is 12.4. The molecule has 0 N–H and O–H groups in total. The van der Waals surface area contributed by atoms with E-state index in [1.54, 1.807) is 4.90 Å². The fourth-order valence-corrected chi connectivity index (χ4v) is 5.77. The maximum atomic E-state index is 12.6. The Hall–Kier alpha value is -3.46. The van der Waals surface area contributed by atoms with E-state index >= 15 is 0 Å². The van der Waals surface area contributed by atoms with E-state index in [9.17, 15) is 9.59 Å². The lowest BCUT2D eigenvalue weighted by Crippen LogP contribution is -2.56. The number of likely N-dealkylation sites (tertiary alicyclic amines) is 1. The molecule has 5 rings (SSSR count). The molecule has 0 aromatic heterocycles. The molecule has 0 saturated carbocycles. The molecule has 9 nitrogen and oxygen atoms in total. The Labute approximate surface area is 237 Å². The van der Waals surface area contributed by atoms with Crippen molar-refractivity contribution in [2.24, 2.45) is 0 Å². The summed E-state index contributed by atoms with van der Waals surface area (Å²) in [6, 6.07) is 18.7. The summed E-state index contributed by atoms with van der Waals surface area (Å²) in [5, 5.41) is 0. The van der Waals surface area contributed by atoms with Gasteiger partial charge in [-0.25, -0.2) is 9.59 Å². The van der Waals surface area contributed by atoms with Crippen LogP contribution in [0.3, 0.4) is 0 Å². The molecule has 0 radical (unpaired) electrons. The Bertz CT molecular complexity index is 1110. The minimum Gasteiger partial charge on any atom is -0.492 e. The van der Waals surface area contributed by atoms with Gasteiger partial charge in [-0.3, -0.25) is 4.90 Å². The zero-order valence-corrected chi connectivity index (χ0v) is 24.0. The van der Waals surface area contributed by atoms with Crippen molar-refractivity contribution in [2.45, 2.75) is 57.9 Å². The average molecular weight is 551 g/mol. The van der Waals surface area contributed by atoms with Gasteiger partial charge in [0.25, 0.3) is 0 Å². The van der Waals surface area contributed by atoms with Crippen LogP contribution in [0.1, 0.15) is 39.2 Å². The van der Waals surface area contributed by atoms with Gasteiger partial charge in [-0.2, -0.15) is 0 Å². The van der Waals surface area contributed by atoms with Gasteiger partial charge in [0.15, 0.2) is 0 Å². The van der Waals surface area contributed by atoms with Crippen LogP contribution in [0, 0.1) is 0 Å². The molecule has 2 amide bonds. The quantitative estimate of drug-likeness (QED) is 0.499. The van der Waals surface area contributed by atoms with E-state index in [-0.39, 0.29) is 12.2 Å². The standard InChI is InChI=1S/C31H42N4O5/c1-31(2,3)40-30(37)34-21-26-9-10-27(22-34)35(26)25-11-13-28(14-12-25)38-20-19-32-15-17-33(18-16-32)29(36)39-23-24-7-5-4-6-8-24/h4-8,11-14,26-27H,9-10,15-23H2,1-3H3/t26-,27+. The molecule has 3 aliphatic heterocycles. The van der Waals surface area contributed by atoms with Gasteiger partial charge >= 0.3 is 12.2 Å². The normalized spacial score (nSPS) is 21.3. The number of carbonyl (C=O) groups is 2. The van der Waals surface area contributed by atoms with E-state index in [2.05, 4.69) is 21.9 Å². The topological polar surface area (TPSA) is 74.8 Å². The minimum atomic E-state index is -0.478. The molecule has 3 heterocycles. The Morgan fingerprint density at radius 1 is 0.825 bits per heavy atom. The molecular weight excluding hydrogens is 508 g/mol. The van der Waals surface area contributed by atoms with Crippen molar-refractivity contribution in [2.75, 3.05) is 57.3 Å². The average Bonchev–Trinajstić information content (AvgIpc) is 3.20. The molecule has 2 aromatic carbocycles. The molecule has 216 valence electrons. The maximum absolute atomic E-state index is 12.6. The Morgan fingerprint density at radius 2 is 1.48 bits per heavy atom. The first-order valence-corrected chi connectivity index (χ1v) is 14.4. The third kappa shape index (κ3) is 7.18. The summed E-state index contributed by atoms with van der Waals surface area (Å²) >= 11 is 0. The number of benzene rings is 2. The minimum absolute atomic E-state index is 0.211. The van der Waals surface area contributed by atoms with Gasteiger partial charge in [0.2, 0.25) is 0 Å². The van der Waals surface area contributed by atoms with Crippen LogP contribution in [0.2, 0.25) is 0 Å². The first-order chi connectivity index (χ1) is 19.2. The summed E-state index contributed by atoms with van der Waals surface area (Å²) in [4.78, 5) is 33.4. The fourth-order valence-electron chi connectivity index (χ4n) is 5.77. The molecule has 2 bridgehead atoms. The highest BCUT2D eigenvalue weighted by Crippen LogP contribution is 2.36. The highest BCUT2D eigenvalue weighted by molar-refractivity contribution is 5.69. The molecule has 9 heteroatoms. The maximum Gasteiger partial charge on any atom is 0.410 e. The SMILES string of the molecule is CC(C)(C)OC(=O)N1C[C@H]2CC[C@@H](C1)N2c1ccc(OCCN2CCN(C(=O)OCc3ccccc3)CC2)cc1. The van der Waals surface area contributed by atoms with Crippen LogP contribution in [0.5, 0.6) is 5.75 Å². The second-order valence-corrected chi connectivity index (χ2v) is 11.9. The molecule has 40 heavy (non-hydrogen) atoms. The number of fused-ring (bicyclic) bond motifs is 2. The van der Waals surface area contributed by atoms with Crippen LogP contribution >= 0.6 is 0 Å². The number of anilines is 1. The van der Waals surface area contributed by atoms with E-state index in [1.165, 1.54) is 5.69 Å². The van der Waals surface area contributed by atoms with Crippen LogP contribution in [-0.4, -0.2) is 97.0 Å². The third-order valence-electron chi connectivity index (χ3n) is 7.78. The molecule has 2 aromatic rings. The highest BCUT2D eigenvalue weighted by Gasteiger charge is 2.42. The first-order valence-electron chi connectivity index (χ1n) is 14.4. The molecule has 0 unspecified atom stereocenters. The summed E-state index contributed by atoms with van der Waals surface area (Å²) in [6.07, 6.45) is 1.71. The number of hydrogen-bond acceptors (Lipinski definition) is 7. The lowest BCUT2D eigenvalue weighted by Gasteiger charge is -2.42. The molecule has 3 aliphatic rings. The van der Waals surface area contributed by atoms with Crippen LogP contribution in [0.25, 0.3) is 0 Å². The van der Waals surface area contributed by atoms with Gasteiger partial charge in [-0.15, -0.1) is 0 Å². The largest absolute Gasteiger partial charge is 0.492 e. The zero-order valence-electron chi connectivity index (χ0n) is 24.0. The van der Waals surface area contributed by atoms with E-state index in [4.69, 9.17) is 14.2 Å². The summed E-state index contributed by atoms with van der Waals surface area (Å²) < 4.78 is 17.1. The summed E-state index contributed by atoms with van der Waals surface area (Å²) in [7, 11) is 0. The van der Waals surface area contributed by atoms with Crippen LogP contribution in [0.15, 0.2) is 54.6 Å². The number of carbonyl (C=O) groups excluding carboxylic acids is 2. The van der Waals surface area contributed by atoms with Crippen molar-refractivity contribution in [3.05, 3.63) is 60.2 Å². The monoisotopic (exact) mass is 550 g/mol. The van der Waals surface area contributed by atoms with E-state index in [0.29, 0.717) is 51.5 Å². The van der Waals surface area contributed by atoms with Gasteiger partial charge in [-0.1, -0.05) is 30.3 Å². The van der Waals surface area contributed by atoms with Crippen molar-refractivity contribution in [1.82, 2.24) is 14.7 Å². The number of ether oxygens (including phenoxy) is 3. The smallest absolute Gasteiger partial charge is 0.410 e. The predicted molar refractivity (Wildman–Crippen MR) is 154 cm³/mol. The Morgan fingerprint density at radius 3 is 2.10 bits per heavy atom. The lowest BCUT2D eigenvalue weighted by atomic mass is 10.1. The summed E-state index contributed by atoms with van der Waals surface area (Å²) in [5.41, 5.74) is 1.69. The van der Waals surface area contributed by atoms with Gasteiger partial charge in [0.1, 0.15) is 24.6 Å². The first kappa shape index (κ1) is 28.1. The van der Waals surface area contributed by atoms with Crippen molar-refractivity contribution in [3.63, 3.8) is 0 Å². The molecule has 3 fully saturated rings. The zero-order chi connectivity index (χ0) is 28.1. The summed E-state index contributed by atoms with van der Waals surface area (Å²) in [5.74, 6) is 0.853. The third-order valence-corrected chi connectivity index (χ3v) is 7.78. The molecular formula is C31H42N4O5.